The number of fused-ring (bicyclic) bond motifs is 1. The SMILES string of the molecule is c1ccc2c(Sc3ccsc3)csc2c1. The fourth-order valence-corrected chi connectivity index (χ4v) is 4.33. The van der Waals surface area contributed by atoms with Gasteiger partial charge in [-0.3, -0.25) is 0 Å². The van der Waals surface area contributed by atoms with Gasteiger partial charge in [0.1, 0.15) is 0 Å². The standard InChI is InChI=1S/C12H8S3/c1-2-4-11-10(3-1)12(8-14-11)15-9-5-6-13-7-9/h1-8H. The molecule has 0 atom stereocenters. The van der Waals surface area contributed by atoms with Crippen molar-refractivity contribution in [1.29, 1.82) is 0 Å². The van der Waals surface area contributed by atoms with Crippen LogP contribution in [0.1, 0.15) is 0 Å². The molecule has 3 rings (SSSR count). The van der Waals surface area contributed by atoms with E-state index in [0.717, 1.165) is 0 Å². The Morgan fingerprint density at radius 2 is 1.93 bits per heavy atom. The molecule has 0 saturated heterocycles. The summed E-state index contributed by atoms with van der Waals surface area (Å²) in [5, 5.41) is 7.93. The maximum Gasteiger partial charge on any atom is 0.0354 e. The molecule has 2 heterocycles. The lowest BCUT2D eigenvalue weighted by Crippen LogP contribution is -1.66. The number of rotatable bonds is 2. The van der Waals surface area contributed by atoms with Gasteiger partial charge in [0.25, 0.3) is 0 Å². The van der Waals surface area contributed by atoms with E-state index in [2.05, 4.69) is 46.5 Å². The Hall–Kier alpha value is -0.770. The third kappa shape index (κ3) is 1.83. The summed E-state index contributed by atoms with van der Waals surface area (Å²) < 4.78 is 1.37. The van der Waals surface area contributed by atoms with Crippen LogP contribution in [0.2, 0.25) is 0 Å². The van der Waals surface area contributed by atoms with Gasteiger partial charge in [-0.1, -0.05) is 30.0 Å². The highest BCUT2D eigenvalue weighted by molar-refractivity contribution is 7.99. The molecular formula is C12H8S3. The molecule has 0 unspecified atom stereocenters. The van der Waals surface area contributed by atoms with Crippen LogP contribution < -0.4 is 0 Å². The van der Waals surface area contributed by atoms with E-state index in [1.54, 1.807) is 11.3 Å². The summed E-state index contributed by atoms with van der Waals surface area (Å²) in [4.78, 5) is 2.71. The second kappa shape index (κ2) is 4.00. The first-order valence-corrected chi connectivity index (χ1v) is 7.24. The van der Waals surface area contributed by atoms with Gasteiger partial charge >= 0.3 is 0 Å². The van der Waals surface area contributed by atoms with Crippen molar-refractivity contribution in [3.63, 3.8) is 0 Å². The molecule has 0 aliphatic carbocycles. The lowest BCUT2D eigenvalue weighted by atomic mass is 10.3. The highest BCUT2D eigenvalue weighted by atomic mass is 32.2. The molecule has 0 nitrogen and oxygen atoms in total. The minimum absolute atomic E-state index is 1.34. The molecular weight excluding hydrogens is 240 g/mol. The van der Waals surface area contributed by atoms with Gasteiger partial charge in [-0.05, 0) is 17.5 Å². The van der Waals surface area contributed by atoms with Gasteiger partial charge < -0.3 is 0 Å². The first kappa shape index (κ1) is 9.46. The first-order chi connectivity index (χ1) is 7.43. The summed E-state index contributed by atoms with van der Waals surface area (Å²) in [6.07, 6.45) is 0. The Bertz CT molecular complexity index is 563. The van der Waals surface area contributed by atoms with Crippen LogP contribution in [0.5, 0.6) is 0 Å². The van der Waals surface area contributed by atoms with Crippen molar-refractivity contribution < 1.29 is 0 Å². The zero-order chi connectivity index (χ0) is 10.1. The summed E-state index contributed by atoms with van der Waals surface area (Å²) in [6, 6.07) is 10.7. The van der Waals surface area contributed by atoms with Crippen LogP contribution in [0.15, 0.2) is 56.3 Å². The highest BCUT2D eigenvalue weighted by Gasteiger charge is 2.04. The summed E-state index contributed by atoms with van der Waals surface area (Å²) in [6.45, 7) is 0. The van der Waals surface area contributed by atoms with E-state index in [4.69, 9.17) is 0 Å². The average molecular weight is 248 g/mol. The molecule has 0 N–H and O–H groups in total. The smallest absolute Gasteiger partial charge is 0.0354 e. The Morgan fingerprint density at radius 3 is 2.80 bits per heavy atom. The second-order valence-electron chi connectivity index (χ2n) is 3.16. The summed E-state index contributed by atoms with van der Waals surface area (Å²) >= 11 is 5.42. The summed E-state index contributed by atoms with van der Waals surface area (Å²) in [5.41, 5.74) is 0. The van der Waals surface area contributed by atoms with E-state index in [1.165, 1.54) is 19.9 Å². The van der Waals surface area contributed by atoms with Gasteiger partial charge in [-0.25, -0.2) is 0 Å². The second-order valence-corrected chi connectivity index (χ2v) is 5.96. The van der Waals surface area contributed by atoms with Crippen molar-refractivity contribution in [2.75, 3.05) is 0 Å². The van der Waals surface area contributed by atoms with Crippen molar-refractivity contribution in [3.8, 4) is 0 Å². The minimum Gasteiger partial charge on any atom is -0.151 e. The molecule has 0 bridgehead atoms. The van der Waals surface area contributed by atoms with Crippen LogP contribution in [0.3, 0.4) is 0 Å². The maximum absolute atomic E-state index is 2.24. The van der Waals surface area contributed by atoms with Crippen LogP contribution in [0, 0.1) is 0 Å². The Kier molecular flexibility index (Phi) is 2.52. The molecule has 1 aromatic carbocycles. The van der Waals surface area contributed by atoms with Crippen LogP contribution >= 0.6 is 34.4 Å². The van der Waals surface area contributed by atoms with Crippen molar-refractivity contribution in [1.82, 2.24) is 0 Å². The van der Waals surface area contributed by atoms with Crippen molar-refractivity contribution in [2.45, 2.75) is 9.79 Å². The van der Waals surface area contributed by atoms with Gasteiger partial charge in [0.15, 0.2) is 0 Å². The van der Waals surface area contributed by atoms with E-state index in [-0.39, 0.29) is 0 Å². The average Bonchev–Trinajstić information content (AvgIpc) is 2.89. The van der Waals surface area contributed by atoms with Crippen LogP contribution in [0.25, 0.3) is 10.1 Å². The van der Waals surface area contributed by atoms with E-state index in [1.807, 2.05) is 23.1 Å². The molecule has 0 aliphatic heterocycles. The summed E-state index contributed by atoms with van der Waals surface area (Å²) in [5.74, 6) is 0. The highest BCUT2D eigenvalue weighted by Crippen LogP contribution is 2.37. The number of hydrogen-bond acceptors (Lipinski definition) is 3. The summed E-state index contributed by atoms with van der Waals surface area (Å²) in [7, 11) is 0. The number of thiophene rings is 2. The molecule has 3 heteroatoms. The zero-order valence-electron chi connectivity index (χ0n) is 7.84. The molecule has 74 valence electrons. The Balaban J connectivity index is 2.05. The fraction of sp³-hybridized carbons (Fsp3) is 0. The van der Waals surface area contributed by atoms with Gasteiger partial charge in [-0.2, -0.15) is 11.3 Å². The van der Waals surface area contributed by atoms with E-state index >= 15 is 0 Å². The normalized spacial score (nSPS) is 10.9. The van der Waals surface area contributed by atoms with Gasteiger partial charge in [-0.15, -0.1) is 11.3 Å². The van der Waals surface area contributed by atoms with Crippen molar-refractivity contribution in [3.05, 3.63) is 46.5 Å². The lowest BCUT2D eigenvalue weighted by molar-refractivity contribution is 1.55. The fourth-order valence-electron chi connectivity index (χ4n) is 1.47. The van der Waals surface area contributed by atoms with E-state index in [9.17, 15) is 0 Å². The van der Waals surface area contributed by atoms with Crippen molar-refractivity contribution in [2.24, 2.45) is 0 Å². The number of benzene rings is 1. The van der Waals surface area contributed by atoms with Crippen molar-refractivity contribution >= 4 is 44.5 Å². The third-order valence-electron chi connectivity index (χ3n) is 2.17. The lowest BCUT2D eigenvalue weighted by Gasteiger charge is -1.95. The molecule has 3 aromatic rings. The molecule has 2 aromatic heterocycles. The molecule has 0 amide bonds. The Morgan fingerprint density at radius 1 is 1.00 bits per heavy atom. The molecule has 15 heavy (non-hydrogen) atoms. The van der Waals surface area contributed by atoms with E-state index in [0.29, 0.717) is 0 Å². The predicted octanol–water partition coefficient (Wildman–Crippen LogP) is 5.11. The minimum atomic E-state index is 1.34. The van der Waals surface area contributed by atoms with Crippen LogP contribution in [-0.4, -0.2) is 0 Å². The molecule has 0 aliphatic rings. The molecule has 0 saturated carbocycles. The quantitative estimate of drug-likeness (QED) is 0.607. The predicted molar refractivity (Wildman–Crippen MR) is 70.3 cm³/mol. The topological polar surface area (TPSA) is 0 Å². The van der Waals surface area contributed by atoms with Gasteiger partial charge in [0.05, 0.1) is 0 Å². The molecule has 0 radical (unpaired) electrons. The Labute approximate surface area is 101 Å². The zero-order valence-corrected chi connectivity index (χ0v) is 10.3. The monoisotopic (exact) mass is 248 g/mol. The van der Waals surface area contributed by atoms with E-state index < -0.39 is 0 Å². The van der Waals surface area contributed by atoms with Crippen LogP contribution in [-0.2, 0) is 0 Å². The van der Waals surface area contributed by atoms with Crippen LogP contribution in [0.4, 0.5) is 0 Å². The first-order valence-electron chi connectivity index (χ1n) is 4.60. The van der Waals surface area contributed by atoms with Gasteiger partial charge in [0, 0.05) is 30.6 Å². The molecule has 0 fully saturated rings. The molecule has 0 spiro atoms. The maximum atomic E-state index is 2.24. The van der Waals surface area contributed by atoms with Gasteiger partial charge in [0.2, 0.25) is 0 Å². The largest absolute Gasteiger partial charge is 0.151 e. The number of hydrogen-bond donors (Lipinski definition) is 0. The third-order valence-corrected chi connectivity index (χ3v) is 5.16.